The van der Waals surface area contributed by atoms with Gasteiger partial charge in [-0.1, -0.05) is 15.9 Å². The normalized spacial score (nSPS) is 10.4. The van der Waals surface area contributed by atoms with Crippen molar-refractivity contribution in [1.29, 1.82) is 0 Å². The molecule has 0 atom stereocenters. The summed E-state index contributed by atoms with van der Waals surface area (Å²) in [6.45, 7) is 0.547. The lowest BCUT2D eigenvalue weighted by Gasteiger charge is -2.15. The van der Waals surface area contributed by atoms with Crippen molar-refractivity contribution in [2.75, 3.05) is 11.9 Å². The van der Waals surface area contributed by atoms with Crippen molar-refractivity contribution in [2.45, 2.75) is 6.54 Å². The van der Waals surface area contributed by atoms with Crippen LogP contribution >= 0.6 is 27.3 Å². The van der Waals surface area contributed by atoms with Crippen molar-refractivity contribution >= 4 is 38.1 Å². The molecule has 1 aromatic heterocycles. The van der Waals surface area contributed by atoms with Crippen LogP contribution in [0.2, 0.25) is 0 Å². The maximum atomic E-state index is 5.57. The fourth-order valence-electron chi connectivity index (χ4n) is 1.32. The highest BCUT2D eigenvalue weighted by Crippen LogP contribution is 2.28. The van der Waals surface area contributed by atoms with Gasteiger partial charge in [0.1, 0.15) is 0 Å². The highest BCUT2D eigenvalue weighted by Gasteiger charge is 2.08. The molecular formula is C11H12BrN3S. The van der Waals surface area contributed by atoms with Gasteiger partial charge in [-0.25, -0.2) is 4.98 Å². The number of anilines is 2. The van der Waals surface area contributed by atoms with Crippen LogP contribution in [0.3, 0.4) is 0 Å². The zero-order valence-electron chi connectivity index (χ0n) is 8.85. The van der Waals surface area contributed by atoms with Crippen molar-refractivity contribution in [3.05, 3.63) is 39.8 Å². The lowest BCUT2D eigenvalue weighted by molar-refractivity contribution is 1.09. The molecule has 3 nitrogen and oxygen atoms in total. The third-order valence-electron chi connectivity index (χ3n) is 2.24. The van der Waals surface area contributed by atoms with Gasteiger partial charge in [0.25, 0.3) is 0 Å². The molecule has 0 aliphatic heterocycles. The second-order valence-electron chi connectivity index (χ2n) is 3.35. The van der Waals surface area contributed by atoms with Crippen LogP contribution in [0.4, 0.5) is 10.8 Å². The lowest BCUT2D eigenvalue weighted by atomic mass is 10.3. The molecule has 0 radical (unpaired) electrons. The standard InChI is InChI=1S/C11H12BrN3S/c1-15(9-4-2-8(12)3-5-9)11-14-7-10(6-13)16-11/h2-5,7H,6,13H2,1H3. The van der Waals surface area contributed by atoms with Crippen LogP contribution in [-0.4, -0.2) is 12.0 Å². The van der Waals surface area contributed by atoms with Gasteiger partial charge >= 0.3 is 0 Å². The quantitative estimate of drug-likeness (QED) is 0.946. The van der Waals surface area contributed by atoms with Crippen molar-refractivity contribution in [3.8, 4) is 0 Å². The van der Waals surface area contributed by atoms with Gasteiger partial charge < -0.3 is 10.6 Å². The maximum absolute atomic E-state index is 5.57. The zero-order valence-corrected chi connectivity index (χ0v) is 11.3. The smallest absolute Gasteiger partial charge is 0.189 e. The Morgan fingerprint density at radius 3 is 2.62 bits per heavy atom. The van der Waals surface area contributed by atoms with Gasteiger partial charge in [0.15, 0.2) is 5.13 Å². The van der Waals surface area contributed by atoms with Gasteiger partial charge in [0, 0.05) is 34.8 Å². The Morgan fingerprint density at radius 2 is 2.06 bits per heavy atom. The number of rotatable bonds is 3. The first-order valence-electron chi connectivity index (χ1n) is 4.85. The van der Waals surface area contributed by atoms with Crippen molar-refractivity contribution in [1.82, 2.24) is 4.98 Å². The first-order valence-corrected chi connectivity index (χ1v) is 6.45. The molecular weight excluding hydrogens is 286 g/mol. The van der Waals surface area contributed by atoms with Gasteiger partial charge in [-0.15, -0.1) is 11.3 Å². The van der Waals surface area contributed by atoms with Crippen LogP contribution in [0.25, 0.3) is 0 Å². The van der Waals surface area contributed by atoms with Crippen molar-refractivity contribution < 1.29 is 0 Å². The molecule has 2 aromatic rings. The number of thiazole rings is 1. The molecule has 0 aliphatic rings. The maximum Gasteiger partial charge on any atom is 0.189 e. The van der Waals surface area contributed by atoms with E-state index in [1.54, 1.807) is 11.3 Å². The van der Waals surface area contributed by atoms with E-state index >= 15 is 0 Å². The average Bonchev–Trinajstić information content (AvgIpc) is 2.77. The van der Waals surface area contributed by atoms with E-state index in [0.29, 0.717) is 6.54 Å². The average molecular weight is 298 g/mol. The topological polar surface area (TPSA) is 42.2 Å². The highest BCUT2D eigenvalue weighted by molar-refractivity contribution is 9.10. The predicted octanol–water partition coefficient (Wildman–Crippen LogP) is 3.13. The number of hydrogen-bond acceptors (Lipinski definition) is 4. The molecule has 2 rings (SSSR count). The summed E-state index contributed by atoms with van der Waals surface area (Å²) in [5.74, 6) is 0. The number of halogens is 1. The minimum atomic E-state index is 0.547. The Kier molecular flexibility index (Phi) is 3.58. The first-order chi connectivity index (χ1) is 7.70. The van der Waals surface area contributed by atoms with E-state index in [-0.39, 0.29) is 0 Å². The van der Waals surface area contributed by atoms with Crippen LogP contribution in [0.5, 0.6) is 0 Å². The summed E-state index contributed by atoms with van der Waals surface area (Å²) >= 11 is 5.04. The predicted molar refractivity (Wildman–Crippen MR) is 72.2 cm³/mol. The number of nitrogens with zero attached hydrogens (tertiary/aromatic N) is 2. The third-order valence-corrected chi connectivity index (χ3v) is 3.87. The second-order valence-corrected chi connectivity index (χ2v) is 5.36. The molecule has 5 heteroatoms. The van der Waals surface area contributed by atoms with E-state index in [1.807, 2.05) is 37.5 Å². The van der Waals surface area contributed by atoms with E-state index in [2.05, 4.69) is 25.8 Å². The van der Waals surface area contributed by atoms with Gasteiger partial charge in [-0.2, -0.15) is 0 Å². The number of aromatic nitrogens is 1. The molecule has 2 N–H and O–H groups in total. The second kappa shape index (κ2) is 4.95. The van der Waals surface area contributed by atoms with Crippen molar-refractivity contribution in [2.24, 2.45) is 5.73 Å². The highest BCUT2D eigenvalue weighted by atomic mass is 79.9. The number of nitrogens with two attached hydrogens (primary N) is 1. The Morgan fingerprint density at radius 1 is 1.38 bits per heavy atom. The Bertz CT molecular complexity index is 466. The molecule has 0 amide bonds. The van der Waals surface area contributed by atoms with Gasteiger partial charge in [-0.05, 0) is 24.3 Å². The number of benzene rings is 1. The molecule has 0 aliphatic carbocycles. The number of hydrogen-bond donors (Lipinski definition) is 1. The Labute approximate surface area is 107 Å². The van der Waals surface area contributed by atoms with Gasteiger partial charge in [-0.3, -0.25) is 0 Å². The molecule has 1 aromatic carbocycles. The third kappa shape index (κ3) is 2.42. The van der Waals surface area contributed by atoms with E-state index in [9.17, 15) is 0 Å². The molecule has 0 bridgehead atoms. The summed E-state index contributed by atoms with van der Waals surface area (Å²) in [6, 6.07) is 8.13. The van der Waals surface area contributed by atoms with Gasteiger partial charge in [0.2, 0.25) is 0 Å². The summed E-state index contributed by atoms with van der Waals surface area (Å²) in [5, 5.41) is 0.961. The molecule has 84 valence electrons. The van der Waals surface area contributed by atoms with Crippen molar-refractivity contribution in [3.63, 3.8) is 0 Å². The minimum absolute atomic E-state index is 0.547. The first kappa shape index (κ1) is 11.6. The summed E-state index contributed by atoms with van der Waals surface area (Å²) < 4.78 is 1.08. The van der Waals surface area contributed by atoms with Crippen LogP contribution in [0.15, 0.2) is 34.9 Å². The summed E-state index contributed by atoms with van der Waals surface area (Å²) in [6.07, 6.45) is 1.83. The molecule has 16 heavy (non-hydrogen) atoms. The van der Waals surface area contributed by atoms with E-state index in [4.69, 9.17) is 5.73 Å². The molecule has 0 saturated carbocycles. The Balaban J connectivity index is 2.24. The molecule has 0 spiro atoms. The van der Waals surface area contributed by atoms with E-state index in [1.165, 1.54) is 0 Å². The van der Waals surface area contributed by atoms with Crippen LogP contribution in [0, 0.1) is 0 Å². The Hall–Kier alpha value is -0.910. The summed E-state index contributed by atoms with van der Waals surface area (Å²) in [5.41, 5.74) is 6.68. The van der Waals surface area contributed by atoms with E-state index < -0.39 is 0 Å². The molecule has 0 saturated heterocycles. The summed E-state index contributed by atoms with van der Waals surface area (Å²) in [7, 11) is 2.00. The van der Waals surface area contributed by atoms with Gasteiger partial charge in [0.05, 0.1) is 0 Å². The SMILES string of the molecule is CN(c1ccc(Br)cc1)c1ncc(CN)s1. The molecule has 1 heterocycles. The van der Waals surface area contributed by atoms with Crippen LogP contribution in [0.1, 0.15) is 4.88 Å². The minimum Gasteiger partial charge on any atom is -0.326 e. The largest absolute Gasteiger partial charge is 0.326 e. The zero-order chi connectivity index (χ0) is 11.5. The fourth-order valence-corrected chi connectivity index (χ4v) is 2.36. The molecule has 0 fully saturated rings. The molecule has 0 unspecified atom stereocenters. The monoisotopic (exact) mass is 297 g/mol. The van der Waals surface area contributed by atoms with E-state index in [0.717, 1.165) is 20.2 Å². The summed E-state index contributed by atoms with van der Waals surface area (Å²) in [4.78, 5) is 7.49. The van der Waals surface area contributed by atoms with Crippen LogP contribution < -0.4 is 10.6 Å². The lowest BCUT2D eigenvalue weighted by Crippen LogP contribution is -2.08. The van der Waals surface area contributed by atoms with Crippen LogP contribution in [-0.2, 0) is 6.54 Å². The fraction of sp³-hybridized carbons (Fsp3) is 0.182.